The van der Waals surface area contributed by atoms with Crippen LogP contribution in [0.3, 0.4) is 0 Å². The van der Waals surface area contributed by atoms with E-state index in [1.165, 1.54) is 19.2 Å². The SMILES string of the molecule is COc1cc([N+](=O)[O-])ccc1NCCN(CCO)CCO.Cl. The van der Waals surface area contributed by atoms with Crippen LogP contribution in [0, 0.1) is 10.1 Å². The van der Waals surface area contributed by atoms with E-state index in [2.05, 4.69) is 5.32 Å². The summed E-state index contributed by atoms with van der Waals surface area (Å²) >= 11 is 0. The fraction of sp³-hybridized carbons (Fsp3) is 0.538. The maximum atomic E-state index is 10.7. The number of aliphatic hydroxyl groups excluding tert-OH is 2. The minimum Gasteiger partial charge on any atom is -0.494 e. The molecular weight excluding hydrogens is 314 g/mol. The average Bonchev–Trinajstić information content (AvgIpc) is 2.47. The summed E-state index contributed by atoms with van der Waals surface area (Å²) in [4.78, 5) is 12.1. The number of halogens is 1. The number of nitrogens with one attached hydrogen (secondary N) is 1. The molecule has 9 heteroatoms. The maximum Gasteiger partial charge on any atom is 0.273 e. The number of nitrogens with zero attached hydrogens (tertiary/aromatic N) is 2. The smallest absolute Gasteiger partial charge is 0.273 e. The third kappa shape index (κ3) is 6.44. The number of aliphatic hydroxyl groups is 2. The predicted molar refractivity (Wildman–Crippen MR) is 86.0 cm³/mol. The van der Waals surface area contributed by atoms with Gasteiger partial charge in [-0.25, -0.2) is 0 Å². The summed E-state index contributed by atoms with van der Waals surface area (Å²) in [6.07, 6.45) is 0. The van der Waals surface area contributed by atoms with Crippen molar-refractivity contribution in [1.82, 2.24) is 4.90 Å². The lowest BCUT2D eigenvalue weighted by Gasteiger charge is -2.20. The zero-order valence-electron chi connectivity index (χ0n) is 12.4. The molecule has 8 nitrogen and oxygen atoms in total. The fourth-order valence-electron chi connectivity index (χ4n) is 1.91. The molecule has 22 heavy (non-hydrogen) atoms. The zero-order chi connectivity index (χ0) is 15.7. The summed E-state index contributed by atoms with van der Waals surface area (Å²) in [7, 11) is 1.45. The summed E-state index contributed by atoms with van der Waals surface area (Å²) in [6, 6.07) is 4.37. The van der Waals surface area contributed by atoms with Gasteiger partial charge in [0.1, 0.15) is 5.75 Å². The van der Waals surface area contributed by atoms with Gasteiger partial charge in [0.25, 0.3) is 5.69 Å². The molecule has 1 aromatic carbocycles. The van der Waals surface area contributed by atoms with Crippen LogP contribution in [0.4, 0.5) is 11.4 Å². The molecule has 0 aliphatic carbocycles. The number of hydrogen-bond acceptors (Lipinski definition) is 7. The second-order valence-electron chi connectivity index (χ2n) is 4.36. The van der Waals surface area contributed by atoms with Crippen LogP contribution in [0.2, 0.25) is 0 Å². The molecule has 0 unspecified atom stereocenters. The first-order valence-electron chi connectivity index (χ1n) is 6.62. The van der Waals surface area contributed by atoms with Crippen LogP contribution in [0.1, 0.15) is 0 Å². The standard InChI is InChI=1S/C13H21N3O5.ClH/c1-21-13-10-11(16(19)20)2-3-12(13)14-4-5-15(6-8-17)7-9-18;/h2-3,10,14,17-18H,4-9H2,1H3;1H. The Hall–Kier alpha value is -1.61. The summed E-state index contributed by atoms with van der Waals surface area (Å²) in [5, 5.41) is 31.7. The van der Waals surface area contributed by atoms with Gasteiger partial charge in [-0.2, -0.15) is 0 Å². The Morgan fingerprint density at radius 1 is 1.27 bits per heavy atom. The Balaban J connectivity index is 0.00000441. The van der Waals surface area contributed by atoms with Crippen molar-refractivity contribution in [1.29, 1.82) is 0 Å². The molecule has 0 amide bonds. The molecule has 0 aliphatic heterocycles. The fourth-order valence-corrected chi connectivity index (χ4v) is 1.91. The molecule has 0 saturated heterocycles. The predicted octanol–water partition coefficient (Wildman–Crippen LogP) is 0.724. The summed E-state index contributed by atoms with van der Waals surface area (Å²) in [5.74, 6) is 0.403. The summed E-state index contributed by atoms with van der Waals surface area (Å²) < 4.78 is 5.13. The topological polar surface area (TPSA) is 108 Å². The highest BCUT2D eigenvalue weighted by molar-refractivity contribution is 5.85. The highest BCUT2D eigenvalue weighted by Gasteiger charge is 2.11. The molecule has 1 aromatic rings. The third-order valence-electron chi connectivity index (χ3n) is 2.97. The van der Waals surface area contributed by atoms with Crippen LogP contribution in [-0.4, -0.2) is 66.5 Å². The second kappa shape index (κ2) is 11.0. The summed E-state index contributed by atoms with van der Waals surface area (Å²) in [6.45, 7) is 2.22. The Bertz CT molecular complexity index is 455. The average molecular weight is 336 g/mol. The molecule has 0 aromatic heterocycles. The van der Waals surface area contributed by atoms with Gasteiger partial charge in [-0.15, -0.1) is 12.4 Å². The molecule has 0 spiro atoms. The molecule has 0 atom stereocenters. The van der Waals surface area contributed by atoms with Crippen molar-refractivity contribution >= 4 is 23.8 Å². The van der Waals surface area contributed by atoms with E-state index in [1.54, 1.807) is 6.07 Å². The lowest BCUT2D eigenvalue weighted by Crippen LogP contribution is -2.34. The van der Waals surface area contributed by atoms with E-state index in [9.17, 15) is 10.1 Å². The van der Waals surface area contributed by atoms with Crippen LogP contribution in [0.5, 0.6) is 5.75 Å². The largest absolute Gasteiger partial charge is 0.494 e. The Labute approximate surface area is 135 Å². The first-order chi connectivity index (χ1) is 10.1. The number of hydrogen-bond donors (Lipinski definition) is 3. The quantitative estimate of drug-likeness (QED) is 0.427. The Morgan fingerprint density at radius 2 is 1.91 bits per heavy atom. The lowest BCUT2D eigenvalue weighted by atomic mass is 10.2. The van der Waals surface area contributed by atoms with Crippen molar-refractivity contribution in [3.63, 3.8) is 0 Å². The van der Waals surface area contributed by atoms with Gasteiger partial charge in [0.2, 0.25) is 0 Å². The van der Waals surface area contributed by atoms with Crippen LogP contribution in [-0.2, 0) is 0 Å². The van der Waals surface area contributed by atoms with E-state index >= 15 is 0 Å². The van der Waals surface area contributed by atoms with Gasteiger partial charge in [-0.1, -0.05) is 0 Å². The first-order valence-corrected chi connectivity index (χ1v) is 6.62. The third-order valence-corrected chi connectivity index (χ3v) is 2.97. The van der Waals surface area contributed by atoms with E-state index in [0.29, 0.717) is 37.6 Å². The highest BCUT2D eigenvalue weighted by atomic mass is 35.5. The van der Waals surface area contributed by atoms with Crippen molar-refractivity contribution < 1.29 is 19.9 Å². The molecule has 3 N–H and O–H groups in total. The molecule has 126 valence electrons. The molecule has 0 aliphatic rings. The van der Waals surface area contributed by atoms with Crippen LogP contribution in [0.15, 0.2) is 18.2 Å². The van der Waals surface area contributed by atoms with Crippen molar-refractivity contribution in [2.45, 2.75) is 0 Å². The van der Waals surface area contributed by atoms with Gasteiger partial charge >= 0.3 is 0 Å². The van der Waals surface area contributed by atoms with Gasteiger partial charge in [-0.3, -0.25) is 15.0 Å². The second-order valence-corrected chi connectivity index (χ2v) is 4.36. The Morgan fingerprint density at radius 3 is 2.41 bits per heavy atom. The molecular formula is C13H22ClN3O5. The number of ether oxygens (including phenoxy) is 1. The van der Waals surface area contributed by atoms with Crippen LogP contribution >= 0.6 is 12.4 Å². The van der Waals surface area contributed by atoms with Crippen LogP contribution in [0.25, 0.3) is 0 Å². The monoisotopic (exact) mass is 335 g/mol. The molecule has 1 rings (SSSR count). The summed E-state index contributed by atoms with van der Waals surface area (Å²) in [5.41, 5.74) is 0.635. The number of methoxy groups -OCH3 is 1. The number of anilines is 1. The van der Waals surface area contributed by atoms with E-state index in [4.69, 9.17) is 14.9 Å². The zero-order valence-corrected chi connectivity index (χ0v) is 13.2. The highest BCUT2D eigenvalue weighted by Crippen LogP contribution is 2.28. The molecule has 0 fully saturated rings. The van der Waals surface area contributed by atoms with Crippen molar-refractivity contribution in [2.75, 3.05) is 51.8 Å². The Kier molecular flexibility index (Phi) is 10.2. The van der Waals surface area contributed by atoms with E-state index in [1.807, 2.05) is 4.90 Å². The van der Waals surface area contributed by atoms with E-state index in [-0.39, 0.29) is 31.3 Å². The minimum absolute atomic E-state index is 0. The van der Waals surface area contributed by atoms with E-state index < -0.39 is 4.92 Å². The minimum atomic E-state index is -0.476. The maximum absolute atomic E-state index is 10.7. The lowest BCUT2D eigenvalue weighted by molar-refractivity contribution is -0.384. The van der Waals surface area contributed by atoms with Gasteiger partial charge in [-0.05, 0) is 6.07 Å². The van der Waals surface area contributed by atoms with E-state index in [0.717, 1.165) is 0 Å². The molecule has 0 saturated carbocycles. The van der Waals surface area contributed by atoms with Crippen molar-refractivity contribution in [2.24, 2.45) is 0 Å². The molecule has 0 heterocycles. The van der Waals surface area contributed by atoms with Gasteiger partial charge < -0.3 is 20.3 Å². The molecule has 0 bridgehead atoms. The number of non-ortho nitro benzene ring substituents is 1. The molecule has 0 radical (unpaired) electrons. The van der Waals surface area contributed by atoms with Crippen molar-refractivity contribution in [3.8, 4) is 5.75 Å². The van der Waals surface area contributed by atoms with Crippen LogP contribution < -0.4 is 10.1 Å². The van der Waals surface area contributed by atoms with Gasteiger partial charge in [0.15, 0.2) is 0 Å². The van der Waals surface area contributed by atoms with Gasteiger partial charge in [0, 0.05) is 32.2 Å². The normalized spacial score (nSPS) is 10.2. The first kappa shape index (κ1) is 20.4. The van der Waals surface area contributed by atoms with Crippen molar-refractivity contribution in [3.05, 3.63) is 28.3 Å². The number of rotatable bonds is 10. The number of nitro groups is 1. The van der Waals surface area contributed by atoms with Gasteiger partial charge in [0.05, 0.1) is 37.0 Å². The number of benzene rings is 1. The number of nitro benzene ring substituents is 1.